The van der Waals surface area contributed by atoms with E-state index in [9.17, 15) is 4.79 Å². The van der Waals surface area contributed by atoms with E-state index in [0.29, 0.717) is 22.7 Å². The van der Waals surface area contributed by atoms with Gasteiger partial charge < -0.3 is 9.73 Å². The fourth-order valence-electron chi connectivity index (χ4n) is 2.40. The van der Waals surface area contributed by atoms with Gasteiger partial charge in [-0.05, 0) is 29.8 Å². The molecule has 3 heterocycles. The summed E-state index contributed by atoms with van der Waals surface area (Å²) in [7, 11) is 0. The third kappa shape index (κ3) is 2.74. The van der Waals surface area contributed by atoms with Crippen LogP contribution in [-0.2, 0) is 6.54 Å². The summed E-state index contributed by atoms with van der Waals surface area (Å²) < 4.78 is 5.54. The molecule has 0 saturated carbocycles. The minimum Gasteiger partial charge on any atom is -0.437 e. The van der Waals surface area contributed by atoms with Gasteiger partial charge in [0, 0.05) is 23.5 Å². The number of nitrogens with zero attached hydrogens (tertiary/aromatic N) is 3. The lowest BCUT2D eigenvalue weighted by Gasteiger charge is -2.04. The predicted molar refractivity (Wildman–Crippen MR) is 87.0 cm³/mol. The second kappa shape index (κ2) is 5.96. The number of rotatable bonds is 4. The van der Waals surface area contributed by atoms with Gasteiger partial charge in [0.1, 0.15) is 0 Å². The van der Waals surface area contributed by atoms with Crippen LogP contribution < -0.4 is 5.32 Å². The molecule has 118 valence electrons. The van der Waals surface area contributed by atoms with Crippen molar-refractivity contribution in [3.63, 3.8) is 0 Å². The van der Waals surface area contributed by atoms with Crippen LogP contribution in [0.5, 0.6) is 0 Å². The maximum absolute atomic E-state index is 12.3. The number of amides is 1. The molecule has 4 rings (SSSR count). The second-order valence-corrected chi connectivity index (χ2v) is 5.18. The summed E-state index contributed by atoms with van der Waals surface area (Å²) in [6.07, 6.45) is 5.14. The van der Waals surface area contributed by atoms with Crippen LogP contribution in [0.4, 0.5) is 0 Å². The molecule has 24 heavy (non-hydrogen) atoms. The fourth-order valence-corrected chi connectivity index (χ4v) is 2.40. The van der Waals surface area contributed by atoms with Crippen LogP contribution >= 0.6 is 0 Å². The molecule has 0 saturated heterocycles. The fraction of sp³-hybridized carbons (Fsp3) is 0.0588. The lowest BCUT2D eigenvalue weighted by molar-refractivity contribution is 0.0947. The van der Waals surface area contributed by atoms with Crippen molar-refractivity contribution in [2.24, 2.45) is 0 Å². The zero-order valence-corrected chi connectivity index (χ0v) is 12.6. The van der Waals surface area contributed by atoms with Crippen LogP contribution in [0.3, 0.4) is 0 Å². The SMILES string of the molecule is O=C(NCc1nc2ncccc2o1)c1cccc(-c2cn[nH]c2)c1. The summed E-state index contributed by atoms with van der Waals surface area (Å²) in [5.41, 5.74) is 3.53. The van der Waals surface area contributed by atoms with Crippen molar-refractivity contribution in [2.45, 2.75) is 6.54 Å². The number of fused-ring (bicyclic) bond motifs is 1. The van der Waals surface area contributed by atoms with Crippen molar-refractivity contribution < 1.29 is 9.21 Å². The van der Waals surface area contributed by atoms with E-state index in [0.717, 1.165) is 11.1 Å². The van der Waals surface area contributed by atoms with E-state index in [-0.39, 0.29) is 12.5 Å². The number of hydrogen-bond acceptors (Lipinski definition) is 5. The molecule has 0 aliphatic heterocycles. The van der Waals surface area contributed by atoms with Gasteiger partial charge in [0.15, 0.2) is 11.2 Å². The molecule has 0 spiro atoms. The number of hydrogen-bond donors (Lipinski definition) is 2. The predicted octanol–water partition coefficient (Wildman–Crippen LogP) is 2.54. The van der Waals surface area contributed by atoms with Crippen molar-refractivity contribution >= 4 is 17.1 Å². The molecule has 0 aliphatic carbocycles. The van der Waals surface area contributed by atoms with Crippen LogP contribution in [0.15, 0.2) is 59.4 Å². The number of aromatic nitrogens is 4. The molecule has 1 aromatic carbocycles. The summed E-state index contributed by atoms with van der Waals surface area (Å²) in [5, 5.41) is 9.48. The molecule has 0 atom stereocenters. The Kier molecular flexibility index (Phi) is 3.51. The number of carbonyl (C=O) groups is 1. The highest BCUT2D eigenvalue weighted by Crippen LogP contribution is 2.19. The molecular formula is C17H13N5O2. The smallest absolute Gasteiger partial charge is 0.251 e. The Morgan fingerprint density at radius 2 is 2.17 bits per heavy atom. The molecule has 1 amide bonds. The molecule has 7 nitrogen and oxygen atoms in total. The first kappa shape index (κ1) is 14.1. The van der Waals surface area contributed by atoms with Gasteiger partial charge in [0.25, 0.3) is 5.91 Å². The normalized spacial score (nSPS) is 10.8. The maximum atomic E-state index is 12.3. The van der Waals surface area contributed by atoms with Crippen molar-refractivity contribution in [1.82, 2.24) is 25.5 Å². The summed E-state index contributed by atoms with van der Waals surface area (Å²) in [5.74, 6) is 0.221. The Morgan fingerprint density at radius 3 is 3.00 bits per heavy atom. The first-order valence-electron chi connectivity index (χ1n) is 7.37. The van der Waals surface area contributed by atoms with Gasteiger partial charge in [-0.3, -0.25) is 9.89 Å². The maximum Gasteiger partial charge on any atom is 0.251 e. The van der Waals surface area contributed by atoms with E-state index in [1.165, 1.54) is 0 Å². The number of benzene rings is 1. The number of carbonyl (C=O) groups excluding carboxylic acids is 1. The molecule has 0 fully saturated rings. The average molecular weight is 319 g/mol. The summed E-state index contributed by atoms with van der Waals surface area (Å²) in [4.78, 5) is 20.7. The third-order valence-corrected chi connectivity index (χ3v) is 3.57. The molecule has 4 aromatic rings. The van der Waals surface area contributed by atoms with Crippen LogP contribution in [0.1, 0.15) is 16.2 Å². The van der Waals surface area contributed by atoms with E-state index in [1.54, 1.807) is 36.8 Å². The molecule has 7 heteroatoms. The lowest BCUT2D eigenvalue weighted by atomic mass is 10.1. The quantitative estimate of drug-likeness (QED) is 0.602. The highest BCUT2D eigenvalue weighted by atomic mass is 16.3. The van der Waals surface area contributed by atoms with Gasteiger partial charge >= 0.3 is 0 Å². The minimum absolute atomic E-state index is 0.199. The Bertz CT molecular complexity index is 958. The van der Waals surface area contributed by atoms with Gasteiger partial charge in [-0.15, -0.1) is 0 Å². The Balaban J connectivity index is 1.49. The molecule has 0 unspecified atom stereocenters. The number of pyridine rings is 1. The first-order valence-corrected chi connectivity index (χ1v) is 7.37. The van der Waals surface area contributed by atoms with Gasteiger partial charge in [-0.2, -0.15) is 10.1 Å². The first-order chi connectivity index (χ1) is 11.8. The van der Waals surface area contributed by atoms with E-state index < -0.39 is 0 Å². The van der Waals surface area contributed by atoms with E-state index in [1.807, 2.05) is 18.2 Å². The number of oxazole rings is 1. The zero-order chi connectivity index (χ0) is 16.4. The van der Waals surface area contributed by atoms with Crippen LogP contribution in [0.2, 0.25) is 0 Å². The molecule has 0 bridgehead atoms. The minimum atomic E-state index is -0.199. The van der Waals surface area contributed by atoms with Crippen molar-refractivity contribution in [3.8, 4) is 11.1 Å². The number of aromatic amines is 1. The highest BCUT2D eigenvalue weighted by molar-refractivity contribution is 5.95. The molecule has 2 N–H and O–H groups in total. The number of H-pyrrole nitrogens is 1. The van der Waals surface area contributed by atoms with E-state index in [2.05, 4.69) is 25.5 Å². The Labute approximate surface area is 136 Å². The largest absolute Gasteiger partial charge is 0.437 e. The van der Waals surface area contributed by atoms with Crippen LogP contribution in [0.25, 0.3) is 22.4 Å². The number of nitrogens with one attached hydrogen (secondary N) is 2. The molecular weight excluding hydrogens is 306 g/mol. The zero-order valence-electron chi connectivity index (χ0n) is 12.6. The van der Waals surface area contributed by atoms with Gasteiger partial charge in [-0.25, -0.2) is 4.98 Å². The molecule has 3 aromatic heterocycles. The van der Waals surface area contributed by atoms with Crippen molar-refractivity contribution in [1.29, 1.82) is 0 Å². The molecule has 0 aliphatic rings. The Hall–Kier alpha value is -3.48. The van der Waals surface area contributed by atoms with Crippen molar-refractivity contribution in [3.05, 3.63) is 66.4 Å². The monoisotopic (exact) mass is 319 g/mol. The standard InChI is InChI=1S/C17H13N5O2/c23-17(12-4-1-3-11(7-12)13-8-20-21-9-13)19-10-15-22-16-14(24-15)5-2-6-18-16/h1-9H,10H2,(H,19,23)(H,20,21). The topological polar surface area (TPSA) is 96.7 Å². The molecule has 0 radical (unpaired) electrons. The second-order valence-electron chi connectivity index (χ2n) is 5.18. The van der Waals surface area contributed by atoms with E-state index >= 15 is 0 Å². The lowest BCUT2D eigenvalue weighted by Crippen LogP contribution is -2.22. The summed E-state index contributed by atoms with van der Waals surface area (Å²) in [6.45, 7) is 0.200. The van der Waals surface area contributed by atoms with Gasteiger partial charge in [0.2, 0.25) is 5.89 Å². The average Bonchev–Trinajstić information content (AvgIpc) is 3.29. The van der Waals surface area contributed by atoms with Gasteiger partial charge in [-0.1, -0.05) is 12.1 Å². The Morgan fingerprint density at radius 1 is 1.21 bits per heavy atom. The van der Waals surface area contributed by atoms with E-state index in [4.69, 9.17) is 4.42 Å². The highest BCUT2D eigenvalue weighted by Gasteiger charge is 2.10. The summed E-state index contributed by atoms with van der Waals surface area (Å²) >= 11 is 0. The third-order valence-electron chi connectivity index (χ3n) is 3.57. The van der Waals surface area contributed by atoms with Crippen LogP contribution in [-0.4, -0.2) is 26.1 Å². The van der Waals surface area contributed by atoms with Crippen molar-refractivity contribution in [2.75, 3.05) is 0 Å². The van der Waals surface area contributed by atoms with Crippen LogP contribution in [0, 0.1) is 0 Å². The summed E-state index contributed by atoms with van der Waals surface area (Å²) in [6, 6.07) is 10.9. The van der Waals surface area contributed by atoms with Gasteiger partial charge in [0.05, 0.1) is 12.7 Å².